The minimum atomic E-state index is 0.266. The molecule has 2 bridgehead atoms. The molecule has 1 saturated carbocycles. The highest BCUT2D eigenvalue weighted by molar-refractivity contribution is 5.48. The Morgan fingerprint density at radius 3 is 2.73 bits per heavy atom. The Labute approximate surface area is 182 Å². The summed E-state index contributed by atoms with van der Waals surface area (Å²) in [6.07, 6.45) is 6.09. The molecule has 1 aliphatic carbocycles. The fourth-order valence-corrected chi connectivity index (χ4v) is 6.22. The van der Waals surface area contributed by atoms with Gasteiger partial charge in [-0.05, 0) is 74.2 Å². The van der Waals surface area contributed by atoms with Crippen molar-refractivity contribution in [2.24, 2.45) is 11.8 Å². The van der Waals surface area contributed by atoms with E-state index < -0.39 is 0 Å². The monoisotopic (exact) mass is 406 g/mol. The van der Waals surface area contributed by atoms with Crippen LogP contribution in [0.25, 0.3) is 0 Å². The minimum Gasteiger partial charge on any atom is -0.396 e. The second kappa shape index (κ2) is 9.53. The molecule has 3 nitrogen and oxygen atoms in total. The van der Waals surface area contributed by atoms with E-state index in [1.807, 2.05) is 0 Å². The zero-order valence-corrected chi connectivity index (χ0v) is 18.7. The van der Waals surface area contributed by atoms with Crippen LogP contribution in [0.15, 0.2) is 54.6 Å². The summed E-state index contributed by atoms with van der Waals surface area (Å²) < 4.78 is 0. The molecule has 0 radical (unpaired) electrons. The van der Waals surface area contributed by atoms with Crippen molar-refractivity contribution in [3.05, 3.63) is 65.7 Å². The molecular formula is C27H38N2O. The van der Waals surface area contributed by atoms with E-state index in [0.29, 0.717) is 23.3 Å². The number of aliphatic hydroxyl groups excluding tert-OH is 1. The van der Waals surface area contributed by atoms with Crippen molar-refractivity contribution < 1.29 is 5.11 Å². The highest BCUT2D eigenvalue weighted by Crippen LogP contribution is 2.51. The van der Waals surface area contributed by atoms with E-state index in [9.17, 15) is 5.11 Å². The number of likely N-dealkylation sites (tertiary alicyclic amines) is 1. The summed E-state index contributed by atoms with van der Waals surface area (Å²) in [5, 5.41) is 13.6. The molecule has 2 aromatic rings. The number of anilines is 1. The Bertz CT molecular complexity index is 808. The van der Waals surface area contributed by atoms with Crippen molar-refractivity contribution in [1.82, 2.24) is 4.90 Å². The van der Waals surface area contributed by atoms with E-state index in [1.54, 1.807) is 0 Å². The Morgan fingerprint density at radius 2 is 1.97 bits per heavy atom. The molecule has 4 rings (SSSR count). The van der Waals surface area contributed by atoms with E-state index in [4.69, 9.17) is 0 Å². The normalized spacial score (nSPS) is 27.6. The van der Waals surface area contributed by atoms with Crippen LogP contribution in [0.5, 0.6) is 0 Å². The largest absolute Gasteiger partial charge is 0.396 e. The summed E-state index contributed by atoms with van der Waals surface area (Å²) in [7, 11) is 0. The van der Waals surface area contributed by atoms with Gasteiger partial charge in [-0.3, -0.25) is 4.90 Å². The summed E-state index contributed by atoms with van der Waals surface area (Å²) in [6.45, 7) is 8.03. The summed E-state index contributed by atoms with van der Waals surface area (Å²) in [5.74, 6) is 0.957. The van der Waals surface area contributed by atoms with Crippen LogP contribution in [-0.2, 0) is 11.8 Å². The molecule has 162 valence electrons. The number of fused-ring (bicyclic) bond motifs is 2. The number of rotatable bonds is 8. The van der Waals surface area contributed by atoms with Crippen molar-refractivity contribution in [2.45, 2.75) is 57.4 Å². The van der Waals surface area contributed by atoms with E-state index in [1.165, 1.54) is 42.5 Å². The van der Waals surface area contributed by atoms with Crippen LogP contribution in [0.1, 0.15) is 50.7 Å². The first-order chi connectivity index (χ1) is 14.7. The Morgan fingerprint density at radius 1 is 1.13 bits per heavy atom. The molecule has 2 aromatic carbocycles. The standard InChI is InChI=1S/C27H38N2O/c1-3-28-25-12-7-11-24(18-25)27-14-8-13-26(21(27)2)29(16-15-27)19-23(20-30)17-22-9-5-4-6-10-22/h4-7,9-12,18,21,23,26,28,30H,3,8,13-17,19-20H2,1-2H3/t21-,23-,26?,27-/m0/s1. The smallest absolute Gasteiger partial charge is 0.0474 e. The molecule has 0 spiro atoms. The highest BCUT2D eigenvalue weighted by atomic mass is 16.3. The van der Waals surface area contributed by atoms with E-state index in [2.05, 4.69) is 78.7 Å². The number of piperidine rings is 1. The molecule has 2 N–H and O–H groups in total. The summed E-state index contributed by atoms with van der Waals surface area (Å²) >= 11 is 0. The molecule has 1 heterocycles. The van der Waals surface area contributed by atoms with Crippen LogP contribution < -0.4 is 5.32 Å². The van der Waals surface area contributed by atoms with Gasteiger partial charge in [0.1, 0.15) is 0 Å². The van der Waals surface area contributed by atoms with Gasteiger partial charge >= 0.3 is 0 Å². The maximum absolute atomic E-state index is 10.1. The van der Waals surface area contributed by atoms with Gasteiger partial charge in [-0.2, -0.15) is 0 Å². The van der Waals surface area contributed by atoms with E-state index in [0.717, 1.165) is 26.1 Å². The molecule has 2 fully saturated rings. The Balaban J connectivity index is 1.49. The average Bonchev–Trinajstić information content (AvgIpc) is 2.76. The molecule has 1 aliphatic heterocycles. The van der Waals surface area contributed by atoms with Crippen LogP contribution in [0, 0.1) is 11.8 Å². The van der Waals surface area contributed by atoms with Crippen LogP contribution in [0.4, 0.5) is 5.69 Å². The zero-order valence-electron chi connectivity index (χ0n) is 18.7. The van der Waals surface area contributed by atoms with Gasteiger partial charge in [0.05, 0.1) is 0 Å². The third-order valence-electron chi connectivity index (χ3n) is 7.82. The maximum Gasteiger partial charge on any atom is 0.0474 e. The molecule has 1 unspecified atom stereocenters. The van der Waals surface area contributed by atoms with Crippen LogP contribution in [-0.4, -0.2) is 42.3 Å². The average molecular weight is 407 g/mol. The molecule has 0 amide bonds. The number of hydrogen-bond acceptors (Lipinski definition) is 3. The van der Waals surface area contributed by atoms with E-state index >= 15 is 0 Å². The van der Waals surface area contributed by atoms with Gasteiger partial charge < -0.3 is 10.4 Å². The van der Waals surface area contributed by atoms with Gasteiger partial charge in [0.2, 0.25) is 0 Å². The predicted octanol–water partition coefficient (Wildman–Crippen LogP) is 5.10. The first-order valence-electron chi connectivity index (χ1n) is 11.9. The fourth-order valence-electron chi connectivity index (χ4n) is 6.22. The lowest BCUT2D eigenvalue weighted by atomic mass is 9.57. The lowest BCUT2D eigenvalue weighted by Crippen LogP contribution is -2.58. The summed E-state index contributed by atoms with van der Waals surface area (Å²) in [4.78, 5) is 2.71. The second-order valence-corrected chi connectivity index (χ2v) is 9.50. The first kappa shape index (κ1) is 21.4. The second-order valence-electron chi connectivity index (χ2n) is 9.50. The van der Waals surface area contributed by atoms with Crippen molar-refractivity contribution >= 4 is 5.69 Å². The maximum atomic E-state index is 10.1. The van der Waals surface area contributed by atoms with Gasteiger partial charge in [0, 0.05) is 36.8 Å². The third kappa shape index (κ3) is 4.29. The molecule has 1 saturated heterocycles. The van der Waals surface area contributed by atoms with Gasteiger partial charge in [-0.15, -0.1) is 0 Å². The van der Waals surface area contributed by atoms with Gasteiger partial charge in [-0.1, -0.05) is 55.8 Å². The van der Waals surface area contributed by atoms with Crippen molar-refractivity contribution in [2.75, 3.05) is 31.6 Å². The molecule has 4 atom stereocenters. The zero-order chi connectivity index (χ0) is 21.0. The van der Waals surface area contributed by atoms with Crippen LogP contribution in [0.2, 0.25) is 0 Å². The fraction of sp³-hybridized carbons (Fsp3) is 0.556. The quantitative estimate of drug-likeness (QED) is 0.640. The van der Waals surface area contributed by atoms with Gasteiger partial charge in [0.15, 0.2) is 0 Å². The summed E-state index contributed by atoms with van der Waals surface area (Å²) in [6, 6.07) is 20.5. The van der Waals surface area contributed by atoms with E-state index in [-0.39, 0.29) is 6.61 Å². The van der Waals surface area contributed by atoms with Crippen LogP contribution in [0.3, 0.4) is 0 Å². The summed E-state index contributed by atoms with van der Waals surface area (Å²) in [5.41, 5.74) is 4.42. The Hall–Kier alpha value is -1.84. The number of nitrogens with zero attached hydrogens (tertiary/aromatic N) is 1. The molecule has 2 aliphatic rings. The predicted molar refractivity (Wildman–Crippen MR) is 126 cm³/mol. The third-order valence-corrected chi connectivity index (χ3v) is 7.82. The number of aliphatic hydroxyl groups is 1. The number of nitrogens with one attached hydrogen (secondary N) is 1. The van der Waals surface area contributed by atoms with Crippen molar-refractivity contribution in [3.63, 3.8) is 0 Å². The number of benzene rings is 2. The lowest BCUT2D eigenvalue weighted by Gasteiger charge is -2.56. The van der Waals surface area contributed by atoms with Gasteiger partial charge in [-0.25, -0.2) is 0 Å². The highest BCUT2D eigenvalue weighted by Gasteiger charge is 2.49. The first-order valence-corrected chi connectivity index (χ1v) is 11.9. The molecular weight excluding hydrogens is 368 g/mol. The molecule has 30 heavy (non-hydrogen) atoms. The van der Waals surface area contributed by atoms with Crippen molar-refractivity contribution in [1.29, 1.82) is 0 Å². The van der Waals surface area contributed by atoms with Crippen LogP contribution >= 0.6 is 0 Å². The molecule has 0 aromatic heterocycles. The lowest BCUT2D eigenvalue weighted by molar-refractivity contribution is -0.0153. The van der Waals surface area contributed by atoms with Gasteiger partial charge in [0.25, 0.3) is 0 Å². The minimum absolute atomic E-state index is 0.266. The SMILES string of the molecule is CCNc1cccc([C@]23CCCC([C@@H]2C)N(C[C@@H](CO)Cc2ccccc2)CC3)c1. The number of hydrogen-bond donors (Lipinski definition) is 2. The van der Waals surface area contributed by atoms with Crippen molar-refractivity contribution in [3.8, 4) is 0 Å². The topological polar surface area (TPSA) is 35.5 Å². The molecule has 3 heteroatoms. The Kier molecular flexibility index (Phi) is 6.80.